The molecule has 2 fully saturated rings. The number of rotatable bonds is 2. The number of nitrogens with one attached hydrogen (secondary N) is 1. The maximum atomic E-state index is 13.4. The van der Waals surface area contributed by atoms with Gasteiger partial charge in [-0.25, -0.2) is 9.37 Å². The summed E-state index contributed by atoms with van der Waals surface area (Å²) in [6.07, 6.45) is 7.38. The molecule has 4 heteroatoms. The standard InChI is InChI=1S/C16H20FN3/c17-11-5-8-15-14(10-11)19-16(20(15)12-6-7-12)13-4-2-1-3-9-18-13/h5,8,10,12-13,18H,1-4,6-7,9H2. The van der Waals surface area contributed by atoms with Crippen LogP contribution < -0.4 is 5.32 Å². The summed E-state index contributed by atoms with van der Waals surface area (Å²) in [5.74, 6) is 0.924. The van der Waals surface area contributed by atoms with Gasteiger partial charge in [0.05, 0.1) is 17.1 Å². The molecule has 1 aliphatic carbocycles. The Kier molecular flexibility index (Phi) is 2.99. The zero-order valence-corrected chi connectivity index (χ0v) is 11.6. The van der Waals surface area contributed by atoms with E-state index in [0.29, 0.717) is 12.1 Å². The SMILES string of the molecule is Fc1ccc2c(c1)nc(C1CCCCCN1)n2C1CC1. The summed E-state index contributed by atoms with van der Waals surface area (Å²) in [7, 11) is 0. The Bertz CT molecular complexity index is 622. The molecule has 1 aromatic heterocycles. The number of hydrogen-bond acceptors (Lipinski definition) is 2. The normalized spacial score (nSPS) is 23.9. The minimum Gasteiger partial charge on any atom is -0.324 e. The first-order valence-electron chi connectivity index (χ1n) is 7.74. The van der Waals surface area contributed by atoms with Crippen LogP contribution in [-0.4, -0.2) is 16.1 Å². The average molecular weight is 273 g/mol. The highest BCUT2D eigenvalue weighted by molar-refractivity contribution is 5.76. The highest BCUT2D eigenvalue weighted by atomic mass is 19.1. The van der Waals surface area contributed by atoms with E-state index < -0.39 is 0 Å². The molecule has 1 aliphatic heterocycles. The van der Waals surface area contributed by atoms with Crippen molar-refractivity contribution in [2.45, 2.75) is 50.6 Å². The molecule has 1 saturated carbocycles. The van der Waals surface area contributed by atoms with Crippen molar-refractivity contribution in [2.24, 2.45) is 0 Å². The lowest BCUT2D eigenvalue weighted by Crippen LogP contribution is -2.23. The van der Waals surface area contributed by atoms with Crippen LogP contribution in [0.4, 0.5) is 4.39 Å². The Labute approximate surface area is 118 Å². The van der Waals surface area contributed by atoms with Gasteiger partial charge in [-0.15, -0.1) is 0 Å². The molecule has 1 N–H and O–H groups in total. The first kappa shape index (κ1) is 12.3. The molecule has 3 nitrogen and oxygen atoms in total. The van der Waals surface area contributed by atoms with E-state index >= 15 is 0 Å². The van der Waals surface area contributed by atoms with Gasteiger partial charge in [0.1, 0.15) is 11.6 Å². The van der Waals surface area contributed by atoms with Gasteiger partial charge < -0.3 is 9.88 Å². The van der Waals surface area contributed by atoms with Crippen LogP contribution in [0, 0.1) is 5.82 Å². The van der Waals surface area contributed by atoms with Crippen molar-refractivity contribution >= 4 is 11.0 Å². The third-order valence-corrected chi connectivity index (χ3v) is 4.46. The van der Waals surface area contributed by atoms with E-state index in [1.807, 2.05) is 6.07 Å². The van der Waals surface area contributed by atoms with Gasteiger partial charge in [-0.1, -0.05) is 12.8 Å². The first-order valence-corrected chi connectivity index (χ1v) is 7.74. The second-order valence-corrected chi connectivity index (χ2v) is 6.06. The molecule has 0 spiro atoms. The Hall–Kier alpha value is -1.42. The lowest BCUT2D eigenvalue weighted by atomic mass is 10.1. The molecule has 0 radical (unpaired) electrons. The lowest BCUT2D eigenvalue weighted by Gasteiger charge is -2.17. The molecule has 4 rings (SSSR count). The molecular weight excluding hydrogens is 253 g/mol. The van der Waals surface area contributed by atoms with Crippen molar-refractivity contribution in [3.8, 4) is 0 Å². The maximum absolute atomic E-state index is 13.4. The van der Waals surface area contributed by atoms with E-state index in [4.69, 9.17) is 4.98 Å². The molecule has 0 bridgehead atoms. The predicted octanol–water partition coefficient (Wildman–Crippen LogP) is 3.72. The summed E-state index contributed by atoms with van der Waals surface area (Å²) in [5.41, 5.74) is 1.90. The molecule has 1 unspecified atom stereocenters. The van der Waals surface area contributed by atoms with Crippen LogP contribution in [0.1, 0.15) is 56.4 Å². The number of hydrogen-bond donors (Lipinski definition) is 1. The summed E-state index contributed by atoms with van der Waals surface area (Å²) < 4.78 is 15.8. The molecule has 2 heterocycles. The molecule has 1 aromatic carbocycles. The van der Waals surface area contributed by atoms with E-state index in [1.165, 1.54) is 32.1 Å². The lowest BCUT2D eigenvalue weighted by molar-refractivity contribution is 0.484. The minimum atomic E-state index is -0.196. The summed E-state index contributed by atoms with van der Waals surface area (Å²) in [4.78, 5) is 4.76. The highest BCUT2D eigenvalue weighted by Crippen LogP contribution is 2.40. The molecule has 20 heavy (non-hydrogen) atoms. The molecule has 0 amide bonds. The van der Waals surface area contributed by atoms with Gasteiger partial charge in [-0.2, -0.15) is 0 Å². The van der Waals surface area contributed by atoms with Crippen LogP contribution in [-0.2, 0) is 0 Å². The Morgan fingerprint density at radius 2 is 2.05 bits per heavy atom. The van der Waals surface area contributed by atoms with Gasteiger partial charge in [-0.3, -0.25) is 0 Å². The van der Waals surface area contributed by atoms with Crippen molar-refractivity contribution in [1.82, 2.24) is 14.9 Å². The summed E-state index contributed by atoms with van der Waals surface area (Å²) in [6.45, 7) is 1.06. The summed E-state index contributed by atoms with van der Waals surface area (Å²) >= 11 is 0. The van der Waals surface area contributed by atoms with Crippen LogP contribution in [0.5, 0.6) is 0 Å². The minimum absolute atomic E-state index is 0.196. The van der Waals surface area contributed by atoms with Crippen LogP contribution in [0.15, 0.2) is 18.2 Å². The number of fused-ring (bicyclic) bond motifs is 1. The number of aromatic nitrogens is 2. The fraction of sp³-hybridized carbons (Fsp3) is 0.562. The largest absolute Gasteiger partial charge is 0.324 e. The number of imidazole rings is 1. The summed E-state index contributed by atoms with van der Waals surface area (Å²) in [6, 6.07) is 5.90. The second-order valence-electron chi connectivity index (χ2n) is 6.06. The van der Waals surface area contributed by atoms with E-state index in [9.17, 15) is 4.39 Å². The van der Waals surface area contributed by atoms with Crippen LogP contribution in [0.25, 0.3) is 11.0 Å². The Morgan fingerprint density at radius 3 is 2.90 bits per heavy atom. The smallest absolute Gasteiger partial charge is 0.127 e. The van der Waals surface area contributed by atoms with Crippen LogP contribution in [0.3, 0.4) is 0 Å². The topological polar surface area (TPSA) is 29.9 Å². The van der Waals surface area contributed by atoms with Crippen molar-refractivity contribution in [3.05, 3.63) is 29.8 Å². The van der Waals surface area contributed by atoms with Crippen molar-refractivity contribution in [3.63, 3.8) is 0 Å². The molecule has 2 aliphatic rings. The Balaban J connectivity index is 1.82. The zero-order valence-electron chi connectivity index (χ0n) is 11.6. The third-order valence-electron chi connectivity index (χ3n) is 4.46. The highest BCUT2D eigenvalue weighted by Gasteiger charge is 2.31. The fourth-order valence-corrected chi connectivity index (χ4v) is 3.30. The maximum Gasteiger partial charge on any atom is 0.127 e. The van der Waals surface area contributed by atoms with Gasteiger partial charge in [0.15, 0.2) is 0 Å². The van der Waals surface area contributed by atoms with E-state index in [-0.39, 0.29) is 5.82 Å². The molecule has 2 aromatic rings. The van der Waals surface area contributed by atoms with Gasteiger partial charge >= 0.3 is 0 Å². The van der Waals surface area contributed by atoms with Gasteiger partial charge in [0.2, 0.25) is 0 Å². The van der Waals surface area contributed by atoms with Crippen LogP contribution >= 0.6 is 0 Å². The van der Waals surface area contributed by atoms with Crippen LogP contribution in [0.2, 0.25) is 0 Å². The first-order chi connectivity index (χ1) is 9.83. The van der Waals surface area contributed by atoms with Gasteiger partial charge in [-0.05, 0) is 44.4 Å². The zero-order chi connectivity index (χ0) is 13.5. The number of nitrogens with zero attached hydrogens (tertiary/aromatic N) is 2. The second kappa shape index (κ2) is 4.85. The van der Waals surface area contributed by atoms with E-state index in [0.717, 1.165) is 29.8 Å². The fourth-order valence-electron chi connectivity index (χ4n) is 3.30. The van der Waals surface area contributed by atoms with E-state index in [1.54, 1.807) is 12.1 Å². The van der Waals surface area contributed by atoms with Gasteiger partial charge in [0.25, 0.3) is 0 Å². The van der Waals surface area contributed by atoms with Crippen molar-refractivity contribution in [2.75, 3.05) is 6.54 Å². The van der Waals surface area contributed by atoms with Crippen molar-refractivity contribution < 1.29 is 4.39 Å². The average Bonchev–Trinajstić information content (AvgIpc) is 3.24. The predicted molar refractivity (Wildman–Crippen MR) is 77.2 cm³/mol. The quantitative estimate of drug-likeness (QED) is 0.904. The van der Waals surface area contributed by atoms with Gasteiger partial charge in [0, 0.05) is 12.1 Å². The molecular formula is C16H20FN3. The monoisotopic (exact) mass is 273 g/mol. The summed E-state index contributed by atoms with van der Waals surface area (Å²) in [5, 5.41) is 3.62. The van der Waals surface area contributed by atoms with E-state index in [2.05, 4.69) is 9.88 Å². The number of halogens is 1. The molecule has 106 valence electrons. The Morgan fingerprint density at radius 1 is 1.15 bits per heavy atom. The number of benzene rings is 1. The van der Waals surface area contributed by atoms with Crippen molar-refractivity contribution in [1.29, 1.82) is 0 Å². The molecule has 1 atom stereocenters. The molecule has 1 saturated heterocycles. The third kappa shape index (κ3) is 2.12.